The summed E-state index contributed by atoms with van der Waals surface area (Å²) in [6, 6.07) is 15.1. The Morgan fingerprint density at radius 2 is 2.12 bits per heavy atom. The summed E-state index contributed by atoms with van der Waals surface area (Å²) >= 11 is 0. The standard InChI is InChI=1S/C21H25FN2O2/c1-25-20-7-5-16(6-8-20)13-24-10-9-21(15-24)12-19(14-26-21)23-18-4-2-3-17(22)11-18/h2-8,11,19,23H,9-10,12-15H2,1H3/t19-,21+/m1/s1. The molecule has 0 saturated carbocycles. The first-order valence-electron chi connectivity index (χ1n) is 9.15. The molecule has 1 N–H and O–H groups in total. The molecular formula is C21H25FN2O2. The van der Waals surface area contributed by atoms with Crippen LogP contribution in [0.4, 0.5) is 10.1 Å². The molecule has 2 aliphatic heterocycles. The summed E-state index contributed by atoms with van der Waals surface area (Å²) in [5.41, 5.74) is 2.04. The molecule has 2 fully saturated rings. The smallest absolute Gasteiger partial charge is 0.125 e. The van der Waals surface area contributed by atoms with E-state index in [1.54, 1.807) is 13.2 Å². The fourth-order valence-electron chi connectivity index (χ4n) is 4.09. The molecule has 2 heterocycles. The fourth-order valence-corrected chi connectivity index (χ4v) is 4.09. The zero-order valence-corrected chi connectivity index (χ0v) is 15.1. The van der Waals surface area contributed by atoms with Gasteiger partial charge in [-0.3, -0.25) is 4.90 Å². The summed E-state index contributed by atoms with van der Waals surface area (Å²) in [6.07, 6.45) is 2.01. The Balaban J connectivity index is 1.32. The molecule has 0 aliphatic carbocycles. The zero-order chi connectivity index (χ0) is 18.0. The van der Waals surface area contributed by atoms with Gasteiger partial charge < -0.3 is 14.8 Å². The second-order valence-electron chi connectivity index (χ2n) is 7.36. The first kappa shape index (κ1) is 17.3. The van der Waals surface area contributed by atoms with E-state index < -0.39 is 0 Å². The molecule has 2 aliphatic rings. The van der Waals surface area contributed by atoms with Crippen LogP contribution in [-0.2, 0) is 11.3 Å². The van der Waals surface area contributed by atoms with Gasteiger partial charge in [0.15, 0.2) is 0 Å². The van der Waals surface area contributed by atoms with Crippen molar-refractivity contribution >= 4 is 5.69 Å². The predicted octanol–water partition coefficient (Wildman–Crippen LogP) is 3.68. The number of nitrogens with one attached hydrogen (secondary N) is 1. The number of nitrogens with zero attached hydrogens (tertiary/aromatic N) is 1. The lowest BCUT2D eigenvalue weighted by molar-refractivity contribution is 0.0120. The van der Waals surface area contributed by atoms with E-state index in [0.29, 0.717) is 6.61 Å². The van der Waals surface area contributed by atoms with Crippen LogP contribution in [0.3, 0.4) is 0 Å². The highest BCUT2D eigenvalue weighted by atomic mass is 19.1. The number of hydrogen-bond acceptors (Lipinski definition) is 4. The van der Waals surface area contributed by atoms with Gasteiger partial charge in [-0.15, -0.1) is 0 Å². The van der Waals surface area contributed by atoms with Gasteiger partial charge in [-0.05, 0) is 42.3 Å². The van der Waals surface area contributed by atoms with Crippen LogP contribution in [0.1, 0.15) is 18.4 Å². The number of halogens is 1. The van der Waals surface area contributed by atoms with E-state index in [1.165, 1.54) is 17.7 Å². The van der Waals surface area contributed by atoms with Crippen LogP contribution in [-0.4, -0.2) is 43.3 Å². The Morgan fingerprint density at radius 1 is 1.27 bits per heavy atom. The lowest BCUT2D eigenvalue weighted by Gasteiger charge is -2.23. The molecule has 2 aromatic rings. The molecule has 138 valence electrons. The maximum atomic E-state index is 13.4. The molecule has 2 saturated heterocycles. The molecular weight excluding hydrogens is 331 g/mol. The van der Waals surface area contributed by atoms with Crippen molar-refractivity contribution in [2.45, 2.75) is 31.0 Å². The summed E-state index contributed by atoms with van der Waals surface area (Å²) in [6.45, 7) is 3.59. The van der Waals surface area contributed by atoms with Crippen LogP contribution >= 0.6 is 0 Å². The molecule has 26 heavy (non-hydrogen) atoms. The lowest BCUT2D eigenvalue weighted by Crippen LogP contribution is -2.33. The molecule has 2 atom stereocenters. The third-order valence-electron chi connectivity index (χ3n) is 5.37. The number of methoxy groups -OCH3 is 1. The average Bonchev–Trinajstić information content (AvgIpc) is 3.22. The van der Waals surface area contributed by atoms with E-state index in [0.717, 1.165) is 43.9 Å². The Labute approximate surface area is 153 Å². The van der Waals surface area contributed by atoms with E-state index >= 15 is 0 Å². The van der Waals surface area contributed by atoms with E-state index in [2.05, 4.69) is 22.3 Å². The molecule has 4 nitrogen and oxygen atoms in total. The average molecular weight is 356 g/mol. The van der Waals surface area contributed by atoms with Crippen molar-refractivity contribution in [1.29, 1.82) is 0 Å². The number of anilines is 1. The first-order valence-corrected chi connectivity index (χ1v) is 9.15. The van der Waals surface area contributed by atoms with Gasteiger partial charge in [0.25, 0.3) is 0 Å². The maximum Gasteiger partial charge on any atom is 0.125 e. The Hall–Kier alpha value is -2.11. The quantitative estimate of drug-likeness (QED) is 0.886. The number of rotatable bonds is 5. The molecule has 5 heteroatoms. The molecule has 0 unspecified atom stereocenters. The van der Waals surface area contributed by atoms with Crippen LogP contribution < -0.4 is 10.1 Å². The minimum absolute atomic E-state index is 0.0720. The highest BCUT2D eigenvalue weighted by Gasteiger charge is 2.45. The minimum atomic E-state index is -0.213. The lowest BCUT2D eigenvalue weighted by atomic mass is 9.97. The van der Waals surface area contributed by atoms with Crippen LogP contribution in [0.5, 0.6) is 5.75 Å². The van der Waals surface area contributed by atoms with Crippen molar-refractivity contribution in [1.82, 2.24) is 4.90 Å². The number of likely N-dealkylation sites (tertiary alicyclic amines) is 1. The van der Waals surface area contributed by atoms with Crippen molar-refractivity contribution in [3.8, 4) is 5.75 Å². The number of benzene rings is 2. The summed E-state index contributed by atoms with van der Waals surface area (Å²) in [5, 5.41) is 3.41. The number of hydrogen-bond donors (Lipinski definition) is 1. The van der Waals surface area contributed by atoms with Crippen molar-refractivity contribution < 1.29 is 13.9 Å². The SMILES string of the molecule is COc1ccc(CN2CC[C@]3(C[C@@H](Nc4cccc(F)c4)CO3)C2)cc1. The molecule has 0 bridgehead atoms. The van der Waals surface area contributed by atoms with Gasteiger partial charge >= 0.3 is 0 Å². The largest absolute Gasteiger partial charge is 0.497 e. The van der Waals surface area contributed by atoms with Gasteiger partial charge in [0.2, 0.25) is 0 Å². The minimum Gasteiger partial charge on any atom is -0.497 e. The predicted molar refractivity (Wildman–Crippen MR) is 100.0 cm³/mol. The molecule has 1 spiro atoms. The monoisotopic (exact) mass is 356 g/mol. The highest BCUT2D eigenvalue weighted by molar-refractivity contribution is 5.44. The van der Waals surface area contributed by atoms with Crippen molar-refractivity contribution in [3.63, 3.8) is 0 Å². The highest BCUT2D eigenvalue weighted by Crippen LogP contribution is 2.36. The van der Waals surface area contributed by atoms with Crippen LogP contribution in [0, 0.1) is 5.82 Å². The van der Waals surface area contributed by atoms with Gasteiger partial charge in [-0.1, -0.05) is 18.2 Å². The summed E-state index contributed by atoms with van der Waals surface area (Å²) in [4.78, 5) is 2.45. The molecule has 2 aromatic carbocycles. The Bertz CT molecular complexity index is 752. The summed E-state index contributed by atoms with van der Waals surface area (Å²) in [7, 11) is 1.69. The van der Waals surface area contributed by atoms with E-state index in [9.17, 15) is 4.39 Å². The van der Waals surface area contributed by atoms with E-state index in [4.69, 9.17) is 9.47 Å². The van der Waals surface area contributed by atoms with Crippen molar-refractivity contribution in [3.05, 3.63) is 59.9 Å². The molecule has 0 radical (unpaired) electrons. The summed E-state index contributed by atoms with van der Waals surface area (Å²) in [5.74, 6) is 0.673. The van der Waals surface area contributed by atoms with Gasteiger partial charge in [-0.25, -0.2) is 4.39 Å². The van der Waals surface area contributed by atoms with Gasteiger partial charge in [0, 0.05) is 31.7 Å². The Kier molecular flexibility index (Phi) is 4.83. The zero-order valence-electron chi connectivity index (χ0n) is 15.1. The van der Waals surface area contributed by atoms with Gasteiger partial charge in [0.1, 0.15) is 11.6 Å². The molecule has 0 aromatic heterocycles. The molecule has 4 rings (SSSR count). The Morgan fingerprint density at radius 3 is 2.88 bits per heavy atom. The second kappa shape index (κ2) is 7.25. The van der Waals surface area contributed by atoms with Gasteiger partial charge in [-0.2, -0.15) is 0 Å². The topological polar surface area (TPSA) is 33.7 Å². The third kappa shape index (κ3) is 3.84. The summed E-state index contributed by atoms with van der Waals surface area (Å²) < 4.78 is 24.8. The van der Waals surface area contributed by atoms with Crippen LogP contribution in [0.15, 0.2) is 48.5 Å². The van der Waals surface area contributed by atoms with Crippen molar-refractivity contribution in [2.24, 2.45) is 0 Å². The number of ether oxygens (including phenoxy) is 2. The fraction of sp³-hybridized carbons (Fsp3) is 0.429. The van der Waals surface area contributed by atoms with E-state index in [1.807, 2.05) is 18.2 Å². The van der Waals surface area contributed by atoms with Crippen LogP contribution in [0.2, 0.25) is 0 Å². The third-order valence-corrected chi connectivity index (χ3v) is 5.37. The molecule has 0 amide bonds. The van der Waals surface area contributed by atoms with Crippen LogP contribution in [0.25, 0.3) is 0 Å². The second-order valence-corrected chi connectivity index (χ2v) is 7.36. The maximum absolute atomic E-state index is 13.4. The van der Waals surface area contributed by atoms with E-state index in [-0.39, 0.29) is 17.5 Å². The first-order chi connectivity index (χ1) is 12.6. The van der Waals surface area contributed by atoms with Gasteiger partial charge in [0.05, 0.1) is 25.4 Å². The normalized spacial score (nSPS) is 25.7. The van der Waals surface area contributed by atoms with Crippen molar-refractivity contribution in [2.75, 3.05) is 32.1 Å².